The molecule has 3 aromatic rings. The largest absolute Gasteiger partial charge is 0.444 e. The van der Waals surface area contributed by atoms with Crippen molar-refractivity contribution in [2.75, 3.05) is 56.0 Å². The standard InChI is InChI=1S/C38H53N9O4/c1-24-31-21-40-36(43-34(31)47(28-8-6-7-9-28)35(49)33(24)25(2)48)42-32-11-10-29(20-39-32)45-16-14-44(15-17-45)22-26-12-13-46(23-26)30-18-27(19-30)41-37(50)51-38(3,4)5/h10-11,20-21,26-28,30H,6-9,12-19,22-23H2,1-5H3,(H,41,50)(H,39,40,42,43). The zero-order valence-electron chi connectivity index (χ0n) is 30.8. The molecule has 0 aromatic carbocycles. The van der Waals surface area contributed by atoms with Crippen LogP contribution < -0.4 is 21.1 Å². The number of carbonyl (C=O) groups is 2. The molecule has 3 aromatic heterocycles. The van der Waals surface area contributed by atoms with Gasteiger partial charge in [0.05, 0.1) is 17.4 Å². The molecule has 4 aliphatic rings. The molecule has 1 atom stereocenters. The molecule has 1 amide bonds. The van der Waals surface area contributed by atoms with Crippen molar-refractivity contribution in [1.29, 1.82) is 0 Å². The number of Topliss-reactive ketones (excluding diaryl/α,β-unsaturated/α-hetero) is 1. The molecule has 4 fully saturated rings. The van der Waals surface area contributed by atoms with E-state index in [2.05, 4.69) is 41.4 Å². The Labute approximate surface area is 300 Å². The van der Waals surface area contributed by atoms with E-state index in [-0.39, 0.29) is 35.1 Å². The number of ketones is 1. The Morgan fingerprint density at radius 3 is 2.37 bits per heavy atom. The van der Waals surface area contributed by atoms with E-state index in [0.29, 0.717) is 34.9 Å². The minimum atomic E-state index is -0.468. The monoisotopic (exact) mass is 699 g/mol. The number of hydrogen-bond donors (Lipinski definition) is 2. The van der Waals surface area contributed by atoms with Crippen molar-refractivity contribution < 1.29 is 14.3 Å². The number of likely N-dealkylation sites (tertiary alicyclic amines) is 1. The summed E-state index contributed by atoms with van der Waals surface area (Å²) in [6.45, 7) is 16.3. The van der Waals surface area contributed by atoms with Crippen LogP contribution in [0.4, 0.5) is 22.2 Å². The second kappa shape index (κ2) is 14.5. The molecule has 2 N–H and O–H groups in total. The first-order valence-corrected chi connectivity index (χ1v) is 18.8. The number of hydrogen-bond acceptors (Lipinski definition) is 11. The number of ether oxygens (including phenoxy) is 1. The second-order valence-electron chi connectivity index (χ2n) is 16.0. The number of amides is 1. The third kappa shape index (κ3) is 7.89. The van der Waals surface area contributed by atoms with E-state index in [9.17, 15) is 14.4 Å². The zero-order valence-corrected chi connectivity index (χ0v) is 30.8. The fraction of sp³-hybridized carbons (Fsp3) is 0.632. The topological polar surface area (TPSA) is 138 Å². The summed E-state index contributed by atoms with van der Waals surface area (Å²) in [4.78, 5) is 59.7. The van der Waals surface area contributed by atoms with Gasteiger partial charge in [0.25, 0.3) is 5.56 Å². The van der Waals surface area contributed by atoms with Gasteiger partial charge in [0, 0.05) is 69.0 Å². The smallest absolute Gasteiger partial charge is 0.407 e. The Bertz CT molecular complexity index is 1800. The number of piperazine rings is 1. The van der Waals surface area contributed by atoms with Crippen LogP contribution in [0.1, 0.15) is 94.6 Å². The van der Waals surface area contributed by atoms with Gasteiger partial charge in [-0.15, -0.1) is 0 Å². The Morgan fingerprint density at radius 1 is 0.961 bits per heavy atom. The molecule has 2 saturated heterocycles. The molecule has 7 rings (SSSR count). The van der Waals surface area contributed by atoms with Crippen LogP contribution in [0.2, 0.25) is 0 Å². The highest BCUT2D eigenvalue weighted by Crippen LogP contribution is 2.33. The Balaban J connectivity index is 0.900. The molecule has 0 bridgehead atoms. The summed E-state index contributed by atoms with van der Waals surface area (Å²) in [7, 11) is 0. The van der Waals surface area contributed by atoms with Crippen LogP contribution in [0.25, 0.3) is 11.0 Å². The predicted octanol–water partition coefficient (Wildman–Crippen LogP) is 5.06. The molecule has 51 heavy (non-hydrogen) atoms. The van der Waals surface area contributed by atoms with Gasteiger partial charge in [-0.3, -0.25) is 24.0 Å². The molecule has 0 radical (unpaired) electrons. The van der Waals surface area contributed by atoms with Crippen molar-refractivity contribution in [3.05, 3.63) is 46.0 Å². The van der Waals surface area contributed by atoms with E-state index in [1.807, 2.05) is 33.0 Å². The number of carbonyl (C=O) groups excluding carboxylic acids is 2. The van der Waals surface area contributed by atoms with Gasteiger partial charge in [0.1, 0.15) is 17.1 Å². The molecule has 274 valence electrons. The fourth-order valence-electron chi connectivity index (χ4n) is 8.45. The fourth-order valence-corrected chi connectivity index (χ4v) is 8.45. The molecule has 5 heterocycles. The minimum absolute atomic E-state index is 0.0314. The third-order valence-corrected chi connectivity index (χ3v) is 11.2. The van der Waals surface area contributed by atoms with Crippen LogP contribution in [-0.4, -0.2) is 105 Å². The van der Waals surface area contributed by atoms with E-state index < -0.39 is 5.60 Å². The van der Waals surface area contributed by atoms with Crippen LogP contribution in [0.3, 0.4) is 0 Å². The molecule has 1 unspecified atom stereocenters. The molecular formula is C38H53N9O4. The van der Waals surface area contributed by atoms with Crippen LogP contribution in [-0.2, 0) is 4.74 Å². The SMILES string of the molecule is CC(=O)c1c(C)c2cnc(Nc3ccc(N4CCN(CC5CCN(C6CC(NC(=O)OC(C)(C)C)C6)C5)CC4)cn3)nc2n(C2CCCC2)c1=O. The van der Waals surface area contributed by atoms with Crippen molar-refractivity contribution in [3.63, 3.8) is 0 Å². The lowest BCUT2D eigenvalue weighted by molar-refractivity contribution is 0.0409. The summed E-state index contributed by atoms with van der Waals surface area (Å²) >= 11 is 0. The van der Waals surface area contributed by atoms with Gasteiger partial charge >= 0.3 is 6.09 Å². The number of aryl methyl sites for hydroxylation is 1. The Morgan fingerprint density at radius 2 is 1.71 bits per heavy atom. The normalized spacial score (nSPS) is 23.4. The lowest BCUT2D eigenvalue weighted by atomic mass is 9.85. The Hall–Kier alpha value is -4.10. The number of rotatable bonds is 9. The number of fused-ring (bicyclic) bond motifs is 1. The van der Waals surface area contributed by atoms with Crippen molar-refractivity contribution in [3.8, 4) is 0 Å². The van der Waals surface area contributed by atoms with Crippen LogP contribution >= 0.6 is 0 Å². The quantitative estimate of drug-likeness (QED) is 0.290. The van der Waals surface area contributed by atoms with Gasteiger partial charge in [-0.05, 0) is 96.9 Å². The maximum Gasteiger partial charge on any atom is 0.407 e. The number of anilines is 3. The summed E-state index contributed by atoms with van der Waals surface area (Å²) in [6, 6.07) is 4.85. The lowest BCUT2D eigenvalue weighted by Crippen LogP contribution is -2.54. The van der Waals surface area contributed by atoms with Crippen LogP contribution in [0.15, 0.2) is 29.3 Å². The molecule has 0 spiro atoms. The summed E-state index contributed by atoms with van der Waals surface area (Å²) in [5, 5.41) is 6.99. The predicted molar refractivity (Wildman–Crippen MR) is 198 cm³/mol. The second-order valence-corrected chi connectivity index (χ2v) is 16.0. The third-order valence-electron chi connectivity index (χ3n) is 11.2. The first-order valence-electron chi connectivity index (χ1n) is 18.8. The number of aromatic nitrogens is 4. The minimum Gasteiger partial charge on any atom is -0.444 e. The van der Waals surface area contributed by atoms with E-state index in [1.165, 1.54) is 13.3 Å². The van der Waals surface area contributed by atoms with Gasteiger partial charge in [-0.1, -0.05) is 12.8 Å². The van der Waals surface area contributed by atoms with E-state index in [4.69, 9.17) is 9.72 Å². The molecular weight excluding hydrogens is 646 g/mol. The first-order chi connectivity index (χ1) is 24.4. The maximum atomic E-state index is 13.5. The average Bonchev–Trinajstić information content (AvgIpc) is 3.75. The lowest BCUT2D eigenvalue weighted by Gasteiger charge is -2.42. The number of alkyl carbamates (subject to hydrolysis) is 1. The highest BCUT2D eigenvalue weighted by atomic mass is 16.6. The molecule has 13 heteroatoms. The average molecular weight is 700 g/mol. The maximum absolute atomic E-state index is 13.5. The summed E-state index contributed by atoms with van der Waals surface area (Å²) in [5.41, 5.74) is 1.80. The number of nitrogens with zero attached hydrogens (tertiary/aromatic N) is 7. The molecule has 13 nitrogen and oxygen atoms in total. The van der Waals surface area contributed by atoms with Gasteiger partial charge < -0.3 is 20.3 Å². The first kappa shape index (κ1) is 35.3. The molecule has 2 saturated carbocycles. The van der Waals surface area contributed by atoms with E-state index in [1.54, 1.807) is 17.7 Å². The van der Waals surface area contributed by atoms with Crippen molar-refractivity contribution in [2.24, 2.45) is 5.92 Å². The molecule has 2 aliphatic carbocycles. The Kier molecular flexibility index (Phi) is 10.0. The van der Waals surface area contributed by atoms with Gasteiger partial charge in [-0.25, -0.2) is 14.8 Å². The summed E-state index contributed by atoms with van der Waals surface area (Å²) < 4.78 is 7.14. The van der Waals surface area contributed by atoms with Gasteiger partial charge in [-0.2, -0.15) is 4.98 Å². The molecule has 2 aliphatic heterocycles. The zero-order chi connectivity index (χ0) is 35.9. The number of pyridine rings is 2. The highest BCUT2D eigenvalue weighted by molar-refractivity contribution is 5.99. The summed E-state index contributed by atoms with van der Waals surface area (Å²) in [5.74, 6) is 1.46. The van der Waals surface area contributed by atoms with Crippen molar-refractivity contribution >= 4 is 40.4 Å². The van der Waals surface area contributed by atoms with E-state index in [0.717, 1.165) is 95.4 Å². The van der Waals surface area contributed by atoms with Crippen LogP contribution in [0.5, 0.6) is 0 Å². The highest BCUT2D eigenvalue weighted by Gasteiger charge is 2.39. The summed E-state index contributed by atoms with van der Waals surface area (Å²) in [6.07, 6.45) is 10.5. The van der Waals surface area contributed by atoms with Gasteiger partial charge in [0.15, 0.2) is 5.78 Å². The van der Waals surface area contributed by atoms with Gasteiger partial charge in [0.2, 0.25) is 5.95 Å². The van der Waals surface area contributed by atoms with E-state index >= 15 is 0 Å². The van der Waals surface area contributed by atoms with Crippen molar-refractivity contribution in [2.45, 2.75) is 103 Å². The van der Waals surface area contributed by atoms with Crippen molar-refractivity contribution in [1.82, 2.24) is 34.6 Å². The number of nitrogens with one attached hydrogen (secondary N) is 2. The van der Waals surface area contributed by atoms with Crippen LogP contribution in [0, 0.1) is 12.8 Å².